The van der Waals surface area contributed by atoms with Gasteiger partial charge in [-0.2, -0.15) is 0 Å². The van der Waals surface area contributed by atoms with Crippen LogP contribution in [0.2, 0.25) is 0 Å². The van der Waals surface area contributed by atoms with E-state index in [2.05, 4.69) is 0 Å². The Morgan fingerprint density at radius 1 is 0.700 bits per heavy atom. The van der Waals surface area contributed by atoms with Crippen LogP contribution in [0.3, 0.4) is 0 Å². The smallest absolute Gasteiger partial charge is 0.338 e. The summed E-state index contributed by atoms with van der Waals surface area (Å²) in [5, 5.41) is 0. The fourth-order valence-electron chi connectivity index (χ4n) is 6.70. The zero-order chi connectivity index (χ0) is 37.8. The SMILES string of the molecule is CC(=O)O[C@@H]1[C@@H](OC(C)=O)C(C)(C)/C=C/[C@@H](C)C(=O)[C@@]2(OC(C)=O)C[C@@H](C)[C@H](OC(=O)c3ccccc3)/C2=C\[C@](C)(OC(C)=O)[C@@H]1OC(C)=O. The van der Waals surface area contributed by atoms with E-state index < -0.39 is 94.5 Å². The predicted octanol–water partition coefficient (Wildman–Crippen LogP) is 4.40. The number of carbonyl (C=O) groups is 7. The molecule has 50 heavy (non-hydrogen) atoms. The van der Waals surface area contributed by atoms with Gasteiger partial charge in [0.25, 0.3) is 0 Å². The van der Waals surface area contributed by atoms with E-state index in [1.54, 1.807) is 52.0 Å². The number of esters is 6. The molecule has 0 aliphatic heterocycles. The monoisotopic (exact) mass is 698 g/mol. The van der Waals surface area contributed by atoms with Crippen LogP contribution < -0.4 is 0 Å². The van der Waals surface area contributed by atoms with Crippen molar-refractivity contribution in [3.8, 4) is 0 Å². The molecule has 0 aromatic heterocycles. The van der Waals surface area contributed by atoms with Gasteiger partial charge < -0.3 is 28.4 Å². The van der Waals surface area contributed by atoms with Crippen molar-refractivity contribution >= 4 is 41.6 Å². The largest absolute Gasteiger partial charge is 0.458 e. The lowest BCUT2D eigenvalue weighted by Gasteiger charge is -2.45. The van der Waals surface area contributed by atoms with Crippen LogP contribution >= 0.6 is 0 Å². The molecule has 1 aromatic rings. The third-order valence-electron chi connectivity index (χ3n) is 8.68. The Kier molecular flexibility index (Phi) is 12.2. The second kappa shape index (κ2) is 15.4. The van der Waals surface area contributed by atoms with Crippen LogP contribution in [-0.2, 0) is 57.2 Å². The Morgan fingerprint density at radius 2 is 1.24 bits per heavy atom. The maximum absolute atomic E-state index is 14.7. The fourth-order valence-corrected chi connectivity index (χ4v) is 6.70. The van der Waals surface area contributed by atoms with Gasteiger partial charge in [-0.3, -0.25) is 28.8 Å². The van der Waals surface area contributed by atoms with Crippen molar-refractivity contribution in [2.75, 3.05) is 0 Å². The molecule has 3 rings (SSSR count). The summed E-state index contributed by atoms with van der Waals surface area (Å²) in [5.74, 6) is -7.19. The van der Waals surface area contributed by atoms with Crippen LogP contribution in [-0.4, -0.2) is 77.2 Å². The molecule has 0 heterocycles. The summed E-state index contributed by atoms with van der Waals surface area (Å²) in [5.41, 5.74) is -5.31. The summed E-state index contributed by atoms with van der Waals surface area (Å²) in [6.45, 7) is 13.4. The molecule has 1 saturated carbocycles. The average molecular weight is 699 g/mol. The number of ketones is 1. The normalized spacial score (nSPS) is 32.3. The Bertz CT molecular complexity index is 1570. The number of ether oxygens (including phenoxy) is 6. The third-order valence-corrected chi connectivity index (χ3v) is 8.68. The molecule has 2 aliphatic rings. The molecule has 272 valence electrons. The number of carbonyl (C=O) groups excluding carboxylic acids is 7. The van der Waals surface area contributed by atoms with Crippen molar-refractivity contribution < 1.29 is 62.0 Å². The number of rotatable bonds is 7. The molecule has 0 saturated heterocycles. The van der Waals surface area contributed by atoms with E-state index in [1.807, 2.05) is 0 Å². The lowest BCUT2D eigenvalue weighted by molar-refractivity contribution is -0.213. The summed E-state index contributed by atoms with van der Waals surface area (Å²) in [6, 6.07) is 8.07. The van der Waals surface area contributed by atoms with Gasteiger partial charge in [-0.25, -0.2) is 4.79 Å². The van der Waals surface area contributed by atoms with Gasteiger partial charge in [0.05, 0.1) is 5.56 Å². The number of Topliss-reactive ketones (excluding diaryl/α,β-unsaturated/α-hetero) is 1. The molecule has 0 radical (unpaired) electrons. The number of benzene rings is 1. The Labute approximate surface area is 291 Å². The quantitative estimate of drug-likeness (QED) is 0.223. The van der Waals surface area contributed by atoms with Crippen LogP contribution in [0.5, 0.6) is 0 Å². The third kappa shape index (κ3) is 8.85. The molecular weight excluding hydrogens is 652 g/mol. The van der Waals surface area contributed by atoms with Crippen LogP contribution in [0.25, 0.3) is 0 Å². The zero-order valence-electron chi connectivity index (χ0n) is 30.1. The number of fused-ring (bicyclic) bond motifs is 1. The van der Waals surface area contributed by atoms with Gasteiger partial charge in [0, 0.05) is 63.9 Å². The van der Waals surface area contributed by atoms with Gasteiger partial charge in [-0.15, -0.1) is 0 Å². The highest BCUT2D eigenvalue weighted by Crippen LogP contribution is 2.49. The first-order chi connectivity index (χ1) is 23.1. The van der Waals surface area contributed by atoms with E-state index in [9.17, 15) is 33.6 Å². The van der Waals surface area contributed by atoms with Crippen LogP contribution in [0.15, 0.2) is 54.1 Å². The minimum Gasteiger partial charge on any atom is -0.458 e. The zero-order valence-corrected chi connectivity index (χ0v) is 30.1. The topological polar surface area (TPSA) is 175 Å². The first-order valence-corrected chi connectivity index (χ1v) is 16.3. The highest BCUT2D eigenvalue weighted by Gasteiger charge is 2.61. The van der Waals surface area contributed by atoms with E-state index in [0.717, 1.165) is 34.6 Å². The standard InChI is InChI=1S/C37H46O13/c1-20-16-17-35(8,9)32(46-23(4)39)30(45-22(3)38)33(47-24(5)40)36(10,49-25(6)41)19-28-29(48-34(44)27-14-12-11-13-15-27)21(2)18-37(28,31(20)43)50-26(7)42/h11-17,19-21,29-30,32-33H,18H2,1-10H3/b17-16+,28-19+/t20-,21-,29+,30-,32-,33-,36+,37-/m1/s1. The Hall–Kier alpha value is -4.81. The molecule has 2 aliphatic carbocycles. The van der Waals surface area contributed by atoms with E-state index in [-0.39, 0.29) is 17.6 Å². The molecular formula is C37H46O13. The van der Waals surface area contributed by atoms with Gasteiger partial charge >= 0.3 is 35.8 Å². The first-order valence-electron chi connectivity index (χ1n) is 16.3. The molecule has 8 atom stereocenters. The van der Waals surface area contributed by atoms with Gasteiger partial charge in [0.15, 0.2) is 35.3 Å². The van der Waals surface area contributed by atoms with Gasteiger partial charge in [-0.1, -0.05) is 58.0 Å². The highest BCUT2D eigenvalue weighted by atomic mass is 16.6. The summed E-state index contributed by atoms with van der Waals surface area (Å²) in [6.07, 6.45) is -1.78. The molecule has 13 nitrogen and oxygen atoms in total. The van der Waals surface area contributed by atoms with E-state index in [0.29, 0.717) is 0 Å². The summed E-state index contributed by atoms with van der Waals surface area (Å²) >= 11 is 0. The molecule has 0 bridgehead atoms. The summed E-state index contributed by atoms with van der Waals surface area (Å²) in [7, 11) is 0. The lowest BCUT2D eigenvalue weighted by atomic mass is 9.74. The van der Waals surface area contributed by atoms with Crippen LogP contribution in [0.4, 0.5) is 0 Å². The summed E-state index contributed by atoms with van der Waals surface area (Å²) < 4.78 is 35.2. The minimum absolute atomic E-state index is 0.0684. The van der Waals surface area contributed by atoms with Gasteiger partial charge in [0.1, 0.15) is 6.10 Å². The van der Waals surface area contributed by atoms with Gasteiger partial charge in [0.2, 0.25) is 0 Å². The number of allylic oxidation sites excluding steroid dienone is 1. The molecule has 0 N–H and O–H groups in total. The number of hydrogen-bond acceptors (Lipinski definition) is 13. The first kappa shape index (κ1) is 39.6. The lowest BCUT2D eigenvalue weighted by Crippen LogP contribution is -2.60. The van der Waals surface area contributed by atoms with Crippen molar-refractivity contribution in [3.05, 3.63) is 59.7 Å². The molecule has 0 spiro atoms. The van der Waals surface area contributed by atoms with Crippen LogP contribution in [0.1, 0.15) is 86.0 Å². The second-order valence-electron chi connectivity index (χ2n) is 13.6. The predicted molar refractivity (Wildman–Crippen MR) is 176 cm³/mol. The molecule has 1 aromatic carbocycles. The van der Waals surface area contributed by atoms with Crippen molar-refractivity contribution in [2.45, 2.75) is 111 Å². The number of hydrogen-bond donors (Lipinski definition) is 0. The van der Waals surface area contributed by atoms with E-state index >= 15 is 0 Å². The average Bonchev–Trinajstić information content (AvgIpc) is 3.24. The van der Waals surface area contributed by atoms with Gasteiger partial charge in [-0.05, 0) is 25.1 Å². The maximum Gasteiger partial charge on any atom is 0.338 e. The fraction of sp³-hybridized carbons (Fsp3) is 0.541. The Balaban J connectivity index is 2.53. The summed E-state index contributed by atoms with van der Waals surface area (Å²) in [4.78, 5) is 91.9. The highest BCUT2D eigenvalue weighted by molar-refractivity contribution is 5.97. The van der Waals surface area contributed by atoms with Crippen molar-refractivity contribution in [1.82, 2.24) is 0 Å². The van der Waals surface area contributed by atoms with Crippen molar-refractivity contribution in [3.63, 3.8) is 0 Å². The minimum atomic E-state index is -2.15. The van der Waals surface area contributed by atoms with E-state index in [4.69, 9.17) is 28.4 Å². The maximum atomic E-state index is 14.7. The van der Waals surface area contributed by atoms with Crippen molar-refractivity contribution in [1.29, 1.82) is 0 Å². The molecule has 1 fully saturated rings. The second-order valence-corrected chi connectivity index (χ2v) is 13.6. The van der Waals surface area contributed by atoms with Crippen molar-refractivity contribution in [2.24, 2.45) is 17.3 Å². The van der Waals surface area contributed by atoms with E-state index in [1.165, 1.54) is 31.2 Å². The molecule has 0 amide bonds. The molecule has 13 heteroatoms. The van der Waals surface area contributed by atoms with Crippen LogP contribution in [0, 0.1) is 17.3 Å². The Morgan fingerprint density at radius 3 is 1.76 bits per heavy atom. The molecule has 0 unspecified atom stereocenters.